The summed E-state index contributed by atoms with van der Waals surface area (Å²) >= 11 is 0. The van der Waals surface area contributed by atoms with Crippen LogP contribution in [0.1, 0.15) is 28.2 Å². The second kappa shape index (κ2) is 10.7. The quantitative estimate of drug-likeness (QED) is 0.379. The highest BCUT2D eigenvalue weighted by Gasteiger charge is 2.23. The Balaban J connectivity index is 1.14. The highest BCUT2D eigenvalue weighted by Crippen LogP contribution is 2.18. The number of amides is 1. The molecule has 1 aromatic heterocycles. The van der Waals surface area contributed by atoms with Gasteiger partial charge in [0.15, 0.2) is 0 Å². The number of rotatable bonds is 8. The number of imidazole rings is 1. The fraction of sp³-hybridized carbons (Fsp3) is 0.286. The number of piperazine rings is 1. The van der Waals surface area contributed by atoms with Crippen molar-refractivity contribution in [2.75, 3.05) is 32.8 Å². The number of aryl methyl sites for hydroxylation is 1. The van der Waals surface area contributed by atoms with E-state index in [1.165, 1.54) is 6.07 Å². The van der Waals surface area contributed by atoms with Crippen LogP contribution in [0.15, 0.2) is 72.8 Å². The van der Waals surface area contributed by atoms with Gasteiger partial charge in [0.25, 0.3) is 5.91 Å². The summed E-state index contributed by atoms with van der Waals surface area (Å²) in [6.45, 7) is 3.88. The van der Waals surface area contributed by atoms with Gasteiger partial charge in [-0.05, 0) is 42.8 Å². The van der Waals surface area contributed by atoms with Crippen LogP contribution >= 0.6 is 0 Å². The van der Waals surface area contributed by atoms with Crippen molar-refractivity contribution in [1.29, 1.82) is 0 Å². The summed E-state index contributed by atoms with van der Waals surface area (Å²) in [5, 5.41) is 0. The first-order valence-corrected chi connectivity index (χ1v) is 12.1. The Hall–Kier alpha value is -3.71. The van der Waals surface area contributed by atoms with Gasteiger partial charge in [0.05, 0.1) is 17.6 Å². The molecule has 1 amide bonds. The molecule has 1 aliphatic rings. The zero-order valence-electron chi connectivity index (χ0n) is 19.6. The van der Waals surface area contributed by atoms with Crippen LogP contribution < -0.4 is 4.74 Å². The molecular formula is C28H29FN4O2. The summed E-state index contributed by atoms with van der Waals surface area (Å²) < 4.78 is 19.7. The Morgan fingerprint density at radius 2 is 1.74 bits per heavy atom. The number of halogens is 1. The van der Waals surface area contributed by atoms with E-state index in [4.69, 9.17) is 4.74 Å². The van der Waals surface area contributed by atoms with Gasteiger partial charge in [-0.3, -0.25) is 9.69 Å². The summed E-state index contributed by atoms with van der Waals surface area (Å²) in [7, 11) is 0. The lowest BCUT2D eigenvalue weighted by atomic mass is 10.1. The molecule has 1 N–H and O–H groups in total. The van der Waals surface area contributed by atoms with Gasteiger partial charge in [0, 0.05) is 50.3 Å². The Bertz CT molecular complexity index is 1280. The second-order valence-corrected chi connectivity index (χ2v) is 8.84. The van der Waals surface area contributed by atoms with Crippen molar-refractivity contribution in [3.8, 4) is 5.75 Å². The molecule has 0 aliphatic carbocycles. The molecule has 3 aromatic carbocycles. The molecule has 1 saturated heterocycles. The molecule has 0 radical (unpaired) electrons. The minimum absolute atomic E-state index is 0.0184. The number of hydrogen-bond donors (Lipinski definition) is 1. The number of nitrogens with zero attached hydrogens (tertiary/aromatic N) is 3. The monoisotopic (exact) mass is 472 g/mol. The second-order valence-electron chi connectivity index (χ2n) is 8.84. The molecular weight excluding hydrogens is 443 g/mol. The van der Waals surface area contributed by atoms with Crippen molar-refractivity contribution in [3.05, 3.63) is 95.6 Å². The van der Waals surface area contributed by atoms with Crippen LogP contribution in [-0.2, 0) is 13.0 Å². The van der Waals surface area contributed by atoms with E-state index in [1.807, 2.05) is 65.6 Å². The molecule has 180 valence electrons. The summed E-state index contributed by atoms with van der Waals surface area (Å²) in [5.41, 5.74) is 3.07. The Labute approximate surface area is 204 Å². The number of nitrogens with one attached hydrogen (secondary N) is 1. The van der Waals surface area contributed by atoms with Crippen LogP contribution in [0.5, 0.6) is 5.75 Å². The molecule has 5 rings (SSSR count). The molecule has 0 saturated carbocycles. The third-order valence-corrected chi connectivity index (χ3v) is 6.36. The molecule has 0 spiro atoms. The number of aromatic amines is 1. The molecule has 7 heteroatoms. The van der Waals surface area contributed by atoms with Crippen molar-refractivity contribution < 1.29 is 13.9 Å². The van der Waals surface area contributed by atoms with Gasteiger partial charge in [-0.2, -0.15) is 0 Å². The van der Waals surface area contributed by atoms with Gasteiger partial charge in [-0.1, -0.05) is 36.4 Å². The molecule has 2 heterocycles. The van der Waals surface area contributed by atoms with Gasteiger partial charge >= 0.3 is 0 Å². The fourth-order valence-corrected chi connectivity index (χ4v) is 4.42. The number of fused-ring (bicyclic) bond motifs is 1. The Morgan fingerprint density at radius 1 is 0.971 bits per heavy atom. The number of carbonyl (C=O) groups is 1. The van der Waals surface area contributed by atoms with Gasteiger partial charge < -0.3 is 14.6 Å². The smallest absolute Gasteiger partial charge is 0.254 e. The SMILES string of the molecule is O=C(c1ccc2nc(CCCOc3ccccc3)[nH]c2c1)N1CCN(Cc2ccccc2F)CC1. The highest BCUT2D eigenvalue weighted by atomic mass is 19.1. The number of hydrogen-bond acceptors (Lipinski definition) is 4. The van der Waals surface area contributed by atoms with E-state index in [2.05, 4.69) is 14.9 Å². The van der Waals surface area contributed by atoms with Crippen molar-refractivity contribution >= 4 is 16.9 Å². The minimum Gasteiger partial charge on any atom is -0.494 e. The number of aromatic nitrogens is 2. The van der Waals surface area contributed by atoms with Gasteiger partial charge in [0.2, 0.25) is 0 Å². The maximum Gasteiger partial charge on any atom is 0.254 e. The minimum atomic E-state index is -0.179. The van der Waals surface area contributed by atoms with E-state index in [0.717, 1.165) is 48.5 Å². The van der Waals surface area contributed by atoms with E-state index in [0.29, 0.717) is 37.4 Å². The summed E-state index contributed by atoms with van der Waals surface area (Å²) in [6, 6.07) is 22.3. The highest BCUT2D eigenvalue weighted by molar-refractivity contribution is 5.97. The number of benzene rings is 3. The summed E-state index contributed by atoms with van der Waals surface area (Å²) in [6.07, 6.45) is 1.62. The molecule has 4 aromatic rings. The third kappa shape index (κ3) is 5.69. The van der Waals surface area contributed by atoms with Crippen molar-refractivity contribution in [1.82, 2.24) is 19.8 Å². The molecule has 0 bridgehead atoms. The van der Waals surface area contributed by atoms with Crippen LogP contribution in [0.4, 0.5) is 4.39 Å². The average Bonchev–Trinajstić information content (AvgIpc) is 3.31. The molecule has 1 aliphatic heterocycles. The van der Waals surface area contributed by atoms with Gasteiger partial charge in [-0.15, -0.1) is 0 Å². The van der Waals surface area contributed by atoms with E-state index < -0.39 is 0 Å². The lowest BCUT2D eigenvalue weighted by Crippen LogP contribution is -2.48. The zero-order valence-corrected chi connectivity index (χ0v) is 19.6. The first-order chi connectivity index (χ1) is 17.2. The van der Waals surface area contributed by atoms with Crippen molar-refractivity contribution in [2.45, 2.75) is 19.4 Å². The van der Waals surface area contributed by atoms with Crippen LogP contribution in [-0.4, -0.2) is 58.5 Å². The van der Waals surface area contributed by atoms with E-state index in [1.54, 1.807) is 6.07 Å². The van der Waals surface area contributed by atoms with Crippen molar-refractivity contribution in [3.63, 3.8) is 0 Å². The summed E-state index contributed by atoms with van der Waals surface area (Å²) in [5.74, 6) is 1.60. The Morgan fingerprint density at radius 3 is 2.54 bits per heavy atom. The number of ether oxygens (including phenoxy) is 1. The number of para-hydroxylation sites is 1. The van der Waals surface area contributed by atoms with E-state index >= 15 is 0 Å². The maximum atomic E-state index is 14.0. The van der Waals surface area contributed by atoms with Gasteiger partial charge in [-0.25, -0.2) is 9.37 Å². The number of H-pyrrole nitrogens is 1. The van der Waals surface area contributed by atoms with E-state index in [9.17, 15) is 9.18 Å². The normalized spacial score (nSPS) is 14.4. The largest absolute Gasteiger partial charge is 0.494 e. The topological polar surface area (TPSA) is 61.5 Å². The average molecular weight is 473 g/mol. The zero-order chi connectivity index (χ0) is 24.0. The predicted molar refractivity (Wildman–Crippen MR) is 134 cm³/mol. The predicted octanol–water partition coefficient (Wildman–Crippen LogP) is 4.67. The number of carbonyl (C=O) groups excluding carboxylic acids is 1. The molecule has 0 unspecified atom stereocenters. The van der Waals surface area contributed by atoms with E-state index in [-0.39, 0.29) is 11.7 Å². The van der Waals surface area contributed by atoms with Crippen LogP contribution in [0.25, 0.3) is 11.0 Å². The van der Waals surface area contributed by atoms with Crippen LogP contribution in [0, 0.1) is 5.82 Å². The molecule has 35 heavy (non-hydrogen) atoms. The van der Waals surface area contributed by atoms with Crippen molar-refractivity contribution in [2.24, 2.45) is 0 Å². The summed E-state index contributed by atoms with van der Waals surface area (Å²) in [4.78, 5) is 25.2. The first-order valence-electron chi connectivity index (χ1n) is 12.1. The lowest BCUT2D eigenvalue weighted by Gasteiger charge is -2.34. The first kappa shape index (κ1) is 23.1. The van der Waals surface area contributed by atoms with Crippen LogP contribution in [0.3, 0.4) is 0 Å². The van der Waals surface area contributed by atoms with Crippen LogP contribution in [0.2, 0.25) is 0 Å². The standard InChI is InChI=1S/C28H29FN4O2/c29-24-10-5-4-7-22(24)20-32-14-16-33(17-15-32)28(34)21-12-13-25-26(19-21)31-27(30-25)11-6-18-35-23-8-2-1-3-9-23/h1-5,7-10,12-13,19H,6,11,14-18,20H2,(H,30,31). The fourth-order valence-electron chi connectivity index (χ4n) is 4.42. The Kier molecular flexibility index (Phi) is 7.04. The van der Waals surface area contributed by atoms with Gasteiger partial charge in [0.1, 0.15) is 17.4 Å². The molecule has 0 atom stereocenters. The lowest BCUT2D eigenvalue weighted by molar-refractivity contribution is 0.0627. The molecule has 1 fully saturated rings. The third-order valence-electron chi connectivity index (χ3n) is 6.36. The maximum absolute atomic E-state index is 14.0. The molecule has 6 nitrogen and oxygen atoms in total.